The normalized spacial score (nSPS) is 17.2. The Hall–Kier alpha value is -1.68. The van der Waals surface area contributed by atoms with Crippen LogP contribution in [-0.4, -0.2) is 28.9 Å². The van der Waals surface area contributed by atoms with Gasteiger partial charge in [0, 0.05) is 25.3 Å². The van der Waals surface area contributed by atoms with Crippen LogP contribution in [0.5, 0.6) is 0 Å². The van der Waals surface area contributed by atoms with Crippen LogP contribution in [0.3, 0.4) is 0 Å². The van der Waals surface area contributed by atoms with Crippen LogP contribution in [0.1, 0.15) is 40.6 Å². The van der Waals surface area contributed by atoms with Gasteiger partial charge in [-0.05, 0) is 31.4 Å². The summed E-state index contributed by atoms with van der Waals surface area (Å²) in [5.41, 5.74) is 2.58. The van der Waals surface area contributed by atoms with E-state index in [1.54, 1.807) is 0 Å². The second-order valence-corrected chi connectivity index (χ2v) is 4.77. The number of pyridine rings is 1. The maximum absolute atomic E-state index is 11.2. The molecule has 3 rings (SSSR count). The fraction of sp³-hybridized carbons (Fsp3) is 0.429. The number of aldehydes is 1. The number of aromatic nitrogens is 2. The minimum absolute atomic E-state index is 0.391. The van der Waals surface area contributed by atoms with E-state index in [1.807, 2.05) is 25.3 Å². The summed E-state index contributed by atoms with van der Waals surface area (Å²) in [6, 6.07) is 4.01. The Morgan fingerprint density at radius 3 is 2.94 bits per heavy atom. The predicted octanol–water partition coefficient (Wildman–Crippen LogP) is 2.35. The van der Waals surface area contributed by atoms with E-state index in [0.717, 1.165) is 49.2 Å². The highest BCUT2D eigenvalue weighted by atomic mass is 16.5. The van der Waals surface area contributed by atoms with Gasteiger partial charge in [-0.15, -0.1) is 0 Å². The number of hydrogen-bond donors (Lipinski definition) is 0. The van der Waals surface area contributed by atoms with E-state index in [-0.39, 0.29) is 0 Å². The van der Waals surface area contributed by atoms with Gasteiger partial charge in [-0.25, -0.2) is 4.98 Å². The highest BCUT2D eigenvalue weighted by molar-refractivity contribution is 5.85. The second kappa shape index (κ2) is 4.53. The quantitative estimate of drug-likeness (QED) is 0.762. The van der Waals surface area contributed by atoms with Crippen LogP contribution in [0.2, 0.25) is 0 Å². The first kappa shape index (κ1) is 11.4. The van der Waals surface area contributed by atoms with Gasteiger partial charge < -0.3 is 9.14 Å². The standard InChI is InChI=1S/C14H16N2O2/c1-10-3-2-6-16-13(10)12(9-17)15-14(16)11-4-7-18-8-5-11/h2-3,6,9,11H,4-5,7-8H2,1H3. The summed E-state index contributed by atoms with van der Waals surface area (Å²) in [5.74, 6) is 1.39. The molecule has 0 saturated carbocycles. The lowest BCUT2D eigenvalue weighted by molar-refractivity contribution is 0.0834. The fourth-order valence-electron chi connectivity index (χ4n) is 2.69. The molecular weight excluding hydrogens is 228 g/mol. The first-order chi connectivity index (χ1) is 8.81. The van der Waals surface area contributed by atoms with Gasteiger partial charge in [-0.2, -0.15) is 0 Å². The molecule has 0 radical (unpaired) electrons. The lowest BCUT2D eigenvalue weighted by Gasteiger charge is -2.21. The van der Waals surface area contributed by atoms with Crippen molar-refractivity contribution in [3.63, 3.8) is 0 Å². The van der Waals surface area contributed by atoms with Gasteiger partial charge in [0.1, 0.15) is 11.5 Å². The molecule has 0 amide bonds. The summed E-state index contributed by atoms with van der Waals surface area (Å²) >= 11 is 0. The molecule has 1 fully saturated rings. The molecule has 1 aliphatic rings. The number of aryl methyl sites for hydroxylation is 1. The van der Waals surface area contributed by atoms with Crippen LogP contribution in [0.4, 0.5) is 0 Å². The molecule has 0 aliphatic carbocycles. The van der Waals surface area contributed by atoms with Gasteiger partial charge in [-0.3, -0.25) is 4.79 Å². The molecule has 2 aromatic rings. The summed E-state index contributed by atoms with van der Waals surface area (Å²) in [4.78, 5) is 15.7. The van der Waals surface area contributed by atoms with Crippen molar-refractivity contribution in [1.82, 2.24) is 9.38 Å². The second-order valence-electron chi connectivity index (χ2n) is 4.77. The number of ether oxygens (including phenoxy) is 1. The molecule has 94 valence electrons. The van der Waals surface area contributed by atoms with E-state index in [0.29, 0.717) is 11.6 Å². The van der Waals surface area contributed by atoms with E-state index in [4.69, 9.17) is 4.74 Å². The molecule has 1 aliphatic heterocycles. The third-order valence-corrected chi connectivity index (χ3v) is 3.62. The lowest BCUT2D eigenvalue weighted by atomic mass is 9.99. The molecule has 2 aromatic heterocycles. The van der Waals surface area contributed by atoms with E-state index >= 15 is 0 Å². The maximum Gasteiger partial charge on any atom is 0.170 e. The zero-order valence-electron chi connectivity index (χ0n) is 10.4. The molecule has 0 aromatic carbocycles. The monoisotopic (exact) mass is 244 g/mol. The molecular formula is C14H16N2O2. The van der Waals surface area contributed by atoms with Crippen molar-refractivity contribution >= 4 is 11.8 Å². The van der Waals surface area contributed by atoms with Crippen LogP contribution in [0, 0.1) is 6.92 Å². The first-order valence-corrected chi connectivity index (χ1v) is 6.31. The number of rotatable bonds is 2. The minimum Gasteiger partial charge on any atom is -0.381 e. The Morgan fingerprint density at radius 1 is 1.44 bits per heavy atom. The summed E-state index contributed by atoms with van der Waals surface area (Å²) in [5, 5.41) is 0. The zero-order valence-corrected chi connectivity index (χ0v) is 10.4. The number of carbonyl (C=O) groups is 1. The van der Waals surface area contributed by atoms with E-state index < -0.39 is 0 Å². The highest BCUT2D eigenvalue weighted by Gasteiger charge is 2.22. The molecule has 0 atom stereocenters. The van der Waals surface area contributed by atoms with Crippen molar-refractivity contribution in [3.8, 4) is 0 Å². The number of imidazole rings is 1. The van der Waals surface area contributed by atoms with Crippen molar-refractivity contribution in [3.05, 3.63) is 35.4 Å². The van der Waals surface area contributed by atoms with Crippen LogP contribution in [0.15, 0.2) is 18.3 Å². The van der Waals surface area contributed by atoms with Gasteiger partial charge in [0.25, 0.3) is 0 Å². The Bertz CT molecular complexity index is 583. The smallest absolute Gasteiger partial charge is 0.170 e. The van der Waals surface area contributed by atoms with Crippen molar-refractivity contribution in [2.45, 2.75) is 25.7 Å². The summed E-state index contributed by atoms with van der Waals surface area (Å²) < 4.78 is 7.45. The topological polar surface area (TPSA) is 43.6 Å². The average Bonchev–Trinajstić information content (AvgIpc) is 2.80. The molecule has 0 spiro atoms. The van der Waals surface area contributed by atoms with Crippen LogP contribution in [0.25, 0.3) is 5.52 Å². The highest BCUT2D eigenvalue weighted by Crippen LogP contribution is 2.28. The summed E-state index contributed by atoms with van der Waals surface area (Å²) in [6.07, 6.45) is 4.80. The van der Waals surface area contributed by atoms with Crippen molar-refractivity contribution in [2.24, 2.45) is 0 Å². The van der Waals surface area contributed by atoms with E-state index in [2.05, 4.69) is 9.38 Å². The molecule has 1 saturated heterocycles. The van der Waals surface area contributed by atoms with E-state index in [1.165, 1.54) is 0 Å². The van der Waals surface area contributed by atoms with Gasteiger partial charge in [0.05, 0.1) is 5.52 Å². The van der Waals surface area contributed by atoms with Gasteiger partial charge >= 0.3 is 0 Å². The molecule has 0 unspecified atom stereocenters. The third-order valence-electron chi connectivity index (χ3n) is 3.62. The predicted molar refractivity (Wildman–Crippen MR) is 68.1 cm³/mol. The Kier molecular flexibility index (Phi) is 2.88. The van der Waals surface area contributed by atoms with Crippen LogP contribution < -0.4 is 0 Å². The van der Waals surface area contributed by atoms with E-state index in [9.17, 15) is 4.79 Å². The number of fused-ring (bicyclic) bond motifs is 1. The fourth-order valence-corrected chi connectivity index (χ4v) is 2.69. The Balaban J connectivity index is 2.17. The molecule has 0 N–H and O–H groups in total. The molecule has 18 heavy (non-hydrogen) atoms. The van der Waals surface area contributed by atoms with Gasteiger partial charge in [0.2, 0.25) is 0 Å². The maximum atomic E-state index is 11.2. The minimum atomic E-state index is 0.391. The van der Waals surface area contributed by atoms with Crippen LogP contribution >= 0.6 is 0 Å². The number of hydrogen-bond acceptors (Lipinski definition) is 3. The third kappa shape index (κ3) is 1.73. The molecule has 4 heteroatoms. The largest absolute Gasteiger partial charge is 0.381 e. The molecule has 4 nitrogen and oxygen atoms in total. The Morgan fingerprint density at radius 2 is 2.22 bits per heavy atom. The van der Waals surface area contributed by atoms with Crippen molar-refractivity contribution < 1.29 is 9.53 Å². The summed E-state index contributed by atoms with van der Waals surface area (Å²) in [7, 11) is 0. The summed E-state index contributed by atoms with van der Waals surface area (Å²) in [6.45, 7) is 3.57. The molecule has 3 heterocycles. The average molecular weight is 244 g/mol. The number of carbonyl (C=O) groups excluding carboxylic acids is 1. The molecule has 0 bridgehead atoms. The SMILES string of the molecule is Cc1cccn2c(C3CCOCC3)nc(C=O)c12. The van der Waals surface area contributed by atoms with Crippen molar-refractivity contribution in [2.75, 3.05) is 13.2 Å². The zero-order chi connectivity index (χ0) is 12.5. The first-order valence-electron chi connectivity index (χ1n) is 6.31. The lowest BCUT2D eigenvalue weighted by Crippen LogP contribution is -2.16. The van der Waals surface area contributed by atoms with Gasteiger partial charge in [-0.1, -0.05) is 6.07 Å². The number of nitrogens with zero attached hydrogens (tertiary/aromatic N) is 2. The van der Waals surface area contributed by atoms with Crippen molar-refractivity contribution in [1.29, 1.82) is 0 Å². The van der Waals surface area contributed by atoms with Gasteiger partial charge in [0.15, 0.2) is 6.29 Å². The Labute approximate surface area is 106 Å². The van der Waals surface area contributed by atoms with Crippen LogP contribution in [-0.2, 0) is 4.74 Å².